The van der Waals surface area contributed by atoms with Crippen LogP contribution in [0, 0.1) is 17.5 Å². The van der Waals surface area contributed by atoms with Crippen molar-refractivity contribution in [3.05, 3.63) is 57.4 Å². The largest absolute Gasteiger partial charge is 0.444 e. The molecule has 1 aromatic heterocycles. The van der Waals surface area contributed by atoms with E-state index in [1.54, 1.807) is 20.8 Å². The van der Waals surface area contributed by atoms with Gasteiger partial charge >= 0.3 is 6.09 Å². The first kappa shape index (κ1) is 22.4. The normalized spacial score (nSPS) is 11.5. The molecule has 31 heavy (non-hydrogen) atoms. The number of rotatable bonds is 3. The Morgan fingerprint density at radius 3 is 2.48 bits per heavy atom. The van der Waals surface area contributed by atoms with Gasteiger partial charge in [0, 0.05) is 13.1 Å². The number of hydrogen-bond acceptors (Lipinski definition) is 5. The van der Waals surface area contributed by atoms with Gasteiger partial charge in [-0.25, -0.2) is 22.9 Å². The Balaban J connectivity index is 2.05. The first-order chi connectivity index (χ1) is 14.4. The lowest BCUT2D eigenvalue weighted by atomic mass is 10.2. The molecule has 0 aliphatic rings. The van der Waals surface area contributed by atoms with Crippen LogP contribution in [0.15, 0.2) is 29.3 Å². The lowest BCUT2D eigenvalue weighted by molar-refractivity contribution is 0.0635. The minimum Gasteiger partial charge on any atom is -0.444 e. The molecule has 0 atom stereocenters. The molecule has 3 rings (SSSR count). The first-order valence-corrected chi connectivity index (χ1v) is 9.35. The molecule has 2 aromatic carbocycles. The Morgan fingerprint density at radius 1 is 1.16 bits per heavy atom. The molecule has 0 aliphatic heterocycles. The Bertz CT molecular complexity index is 1260. The summed E-state index contributed by atoms with van der Waals surface area (Å²) in [6.07, 6.45) is 0.246. The molecule has 0 saturated carbocycles. The van der Waals surface area contributed by atoms with Crippen LogP contribution in [0.4, 0.5) is 35.0 Å². The van der Waals surface area contributed by atoms with Crippen LogP contribution in [0.25, 0.3) is 10.9 Å². The number of nitrogens with one attached hydrogen (secondary N) is 2. The number of carbonyl (C=O) groups excluding carboxylic acids is 1. The van der Waals surface area contributed by atoms with Crippen LogP contribution >= 0.6 is 11.6 Å². The second-order valence-corrected chi connectivity index (χ2v) is 8.02. The molecule has 1 amide bonds. The van der Waals surface area contributed by atoms with Gasteiger partial charge in [0.2, 0.25) is 0 Å². The quantitative estimate of drug-likeness (QED) is 0.538. The highest BCUT2D eigenvalue weighted by atomic mass is 35.5. The molecule has 0 aliphatic carbocycles. The average Bonchev–Trinajstić information content (AvgIpc) is 2.66. The third-order valence-corrected chi connectivity index (χ3v) is 4.47. The predicted molar refractivity (Wildman–Crippen MR) is 111 cm³/mol. The Hall–Kier alpha value is -3.27. The van der Waals surface area contributed by atoms with Crippen LogP contribution in [-0.2, 0) is 11.8 Å². The summed E-state index contributed by atoms with van der Waals surface area (Å²) in [5.41, 5.74) is -2.72. The van der Waals surface area contributed by atoms with Crippen molar-refractivity contribution in [1.82, 2.24) is 9.55 Å². The number of halogens is 4. The van der Waals surface area contributed by atoms with Crippen molar-refractivity contribution >= 4 is 45.7 Å². The van der Waals surface area contributed by atoms with Crippen molar-refractivity contribution in [2.45, 2.75) is 26.4 Å². The Morgan fingerprint density at radius 2 is 1.84 bits per heavy atom. The van der Waals surface area contributed by atoms with E-state index in [0.29, 0.717) is 6.07 Å². The van der Waals surface area contributed by atoms with E-state index in [1.807, 2.05) is 5.32 Å². The van der Waals surface area contributed by atoms with Gasteiger partial charge in [-0.1, -0.05) is 11.6 Å². The number of hydrogen-bond donors (Lipinski definition) is 2. The third kappa shape index (κ3) is 4.58. The van der Waals surface area contributed by atoms with E-state index in [1.165, 1.54) is 30.1 Å². The molecular formula is C20H18ClF3N4O3. The van der Waals surface area contributed by atoms with Crippen molar-refractivity contribution in [3.63, 3.8) is 0 Å². The zero-order chi connectivity index (χ0) is 23.1. The lowest BCUT2D eigenvalue weighted by Crippen LogP contribution is -2.27. The maximum Gasteiger partial charge on any atom is 0.412 e. The number of nitrogens with zero attached hydrogens (tertiary/aromatic N) is 2. The second-order valence-electron chi connectivity index (χ2n) is 7.64. The molecule has 3 aromatic rings. The zero-order valence-corrected chi connectivity index (χ0v) is 17.7. The van der Waals surface area contributed by atoms with Crippen LogP contribution in [-0.4, -0.2) is 21.2 Å². The first-order valence-electron chi connectivity index (χ1n) is 8.97. The van der Waals surface area contributed by atoms with Crippen molar-refractivity contribution in [3.8, 4) is 0 Å². The summed E-state index contributed by atoms with van der Waals surface area (Å²) in [5, 5.41) is 4.26. The number of fused-ring (bicyclic) bond motifs is 1. The summed E-state index contributed by atoms with van der Waals surface area (Å²) >= 11 is 6.27. The minimum absolute atomic E-state index is 0.0148. The number of carbonyl (C=O) groups is 1. The topological polar surface area (TPSA) is 85.2 Å². The van der Waals surface area contributed by atoms with Crippen LogP contribution < -0.4 is 16.2 Å². The van der Waals surface area contributed by atoms with E-state index in [-0.39, 0.29) is 21.6 Å². The third-order valence-electron chi connectivity index (χ3n) is 4.08. The maximum absolute atomic E-state index is 14.9. The molecule has 0 unspecified atom stereocenters. The summed E-state index contributed by atoms with van der Waals surface area (Å²) < 4.78 is 49.6. The smallest absolute Gasteiger partial charge is 0.412 e. The number of benzene rings is 2. The Kier molecular flexibility index (Phi) is 5.86. The van der Waals surface area contributed by atoms with E-state index in [0.717, 1.165) is 0 Å². The summed E-state index contributed by atoms with van der Waals surface area (Å²) in [4.78, 5) is 28.3. The van der Waals surface area contributed by atoms with Gasteiger partial charge in [0.1, 0.15) is 11.3 Å². The maximum atomic E-state index is 14.9. The van der Waals surface area contributed by atoms with Gasteiger partial charge in [0.05, 0.1) is 33.6 Å². The van der Waals surface area contributed by atoms with Gasteiger partial charge in [0.15, 0.2) is 17.5 Å². The fourth-order valence-electron chi connectivity index (χ4n) is 2.70. The molecule has 0 fully saturated rings. The molecule has 0 spiro atoms. The van der Waals surface area contributed by atoms with Crippen molar-refractivity contribution < 1.29 is 22.7 Å². The minimum atomic E-state index is -1.54. The van der Waals surface area contributed by atoms with Gasteiger partial charge in [-0.15, -0.1) is 0 Å². The van der Waals surface area contributed by atoms with Gasteiger partial charge < -0.3 is 14.6 Å². The molecular weight excluding hydrogens is 437 g/mol. The zero-order valence-electron chi connectivity index (χ0n) is 16.9. The summed E-state index contributed by atoms with van der Waals surface area (Å²) in [6, 6.07) is 3.24. The molecule has 11 heteroatoms. The molecule has 1 heterocycles. The van der Waals surface area contributed by atoms with Crippen molar-refractivity contribution in [1.29, 1.82) is 0 Å². The number of anilines is 3. The highest BCUT2D eigenvalue weighted by Crippen LogP contribution is 2.35. The van der Waals surface area contributed by atoms with Crippen LogP contribution in [0.3, 0.4) is 0 Å². The Labute approximate surface area is 179 Å². The number of aromatic nitrogens is 2. The fraction of sp³-hybridized carbons (Fsp3) is 0.250. The highest BCUT2D eigenvalue weighted by molar-refractivity contribution is 6.38. The SMILES string of the molecule is Cn1cnc2ccc(Nc3c(F)c(F)cc(NC(=O)OC(C)(C)C)c3F)c(Cl)c2c1=O. The van der Waals surface area contributed by atoms with E-state index in [9.17, 15) is 22.8 Å². The highest BCUT2D eigenvalue weighted by Gasteiger charge is 2.24. The second kappa shape index (κ2) is 8.10. The molecule has 0 bridgehead atoms. The van der Waals surface area contributed by atoms with E-state index < -0.39 is 46.1 Å². The summed E-state index contributed by atoms with van der Waals surface area (Å²) in [7, 11) is 1.46. The molecule has 7 nitrogen and oxygen atoms in total. The number of aryl methyl sites for hydroxylation is 1. The summed E-state index contributed by atoms with van der Waals surface area (Å²) in [6.45, 7) is 4.76. The van der Waals surface area contributed by atoms with Crippen molar-refractivity contribution in [2.75, 3.05) is 10.6 Å². The van der Waals surface area contributed by atoms with Crippen molar-refractivity contribution in [2.24, 2.45) is 7.05 Å². The predicted octanol–water partition coefficient (Wildman–Crippen LogP) is 5.09. The van der Waals surface area contributed by atoms with Gasteiger partial charge in [-0.2, -0.15) is 0 Å². The van der Waals surface area contributed by atoms with Crippen LogP contribution in [0.2, 0.25) is 5.02 Å². The van der Waals surface area contributed by atoms with Gasteiger partial charge in [-0.05, 0) is 32.9 Å². The number of amides is 1. The molecule has 0 radical (unpaired) electrons. The van der Waals surface area contributed by atoms with E-state index in [4.69, 9.17) is 16.3 Å². The molecule has 2 N–H and O–H groups in total. The lowest BCUT2D eigenvalue weighted by Gasteiger charge is -2.20. The van der Waals surface area contributed by atoms with E-state index in [2.05, 4.69) is 10.3 Å². The average molecular weight is 455 g/mol. The van der Waals surface area contributed by atoms with E-state index >= 15 is 0 Å². The van der Waals surface area contributed by atoms with Gasteiger partial charge in [-0.3, -0.25) is 10.1 Å². The summed E-state index contributed by atoms with van der Waals surface area (Å²) in [5.74, 6) is -4.26. The standard InChI is InChI=1S/C20H18ClF3N4O3/c1-20(2,3)31-19(30)27-12-7-9(22)15(23)17(16(12)24)26-11-6-5-10-13(14(11)21)18(29)28(4)8-25-10/h5-8,26H,1-4H3,(H,27,30). The molecule has 164 valence electrons. The van der Waals surface area contributed by atoms with Crippen LogP contribution in [0.1, 0.15) is 20.8 Å². The fourth-order valence-corrected chi connectivity index (χ4v) is 2.99. The number of ether oxygens (including phenoxy) is 1. The monoisotopic (exact) mass is 454 g/mol. The molecule has 0 saturated heterocycles. The van der Waals surface area contributed by atoms with Gasteiger partial charge in [0.25, 0.3) is 5.56 Å². The van der Waals surface area contributed by atoms with Crippen LogP contribution in [0.5, 0.6) is 0 Å².